The normalized spacial score (nSPS) is 10.4. The quantitative estimate of drug-likeness (QED) is 0.620. The summed E-state index contributed by atoms with van der Waals surface area (Å²) in [5, 5.41) is 2.71. The van der Waals surface area contributed by atoms with E-state index in [9.17, 15) is 13.6 Å². The molecule has 0 heterocycles. The van der Waals surface area contributed by atoms with Crippen molar-refractivity contribution >= 4 is 39.1 Å². The van der Waals surface area contributed by atoms with Gasteiger partial charge in [0, 0.05) is 11.0 Å². The first-order valence-electron chi connectivity index (χ1n) is 5.62. The first kappa shape index (κ1) is 14.9. The Balaban J connectivity index is 2.31. The number of anilines is 1. The topological polar surface area (TPSA) is 29.1 Å². The Bertz CT molecular complexity index is 664. The van der Waals surface area contributed by atoms with Crippen LogP contribution in [0, 0.1) is 11.6 Å². The maximum atomic E-state index is 13.6. The second-order valence-corrected chi connectivity index (χ2v) is 4.96. The van der Waals surface area contributed by atoms with E-state index in [1.165, 1.54) is 0 Å². The molecule has 0 atom stereocenters. The van der Waals surface area contributed by atoms with Gasteiger partial charge in [0.05, 0.1) is 10.6 Å². The molecule has 0 aliphatic carbocycles. The molecule has 0 saturated heterocycles. The molecule has 2 rings (SSSR count). The van der Waals surface area contributed by atoms with Crippen LogP contribution in [-0.4, -0.2) is 5.91 Å². The number of rotatable bonds is 3. The summed E-state index contributed by atoms with van der Waals surface area (Å²) in [6, 6.07) is 8.60. The van der Waals surface area contributed by atoms with E-state index < -0.39 is 23.1 Å². The second kappa shape index (κ2) is 6.33. The molecule has 0 unspecified atom stereocenters. The minimum Gasteiger partial charge on any atom is -0.322 e. The molecule has 2 aromatic carbocycles. The molecule has 2 nitrogen and oxygen atoms in total. The number of carbonyl (C=O) groups is 1. The molecule has 0 fully saturated rings. The van der Waals surface area contributed by atoms with Gasteiger partial charge in [-0.2, -0.15) is 0 Å². The summed E-state index contributed by atoms with van der Waals surface area (Å²) in [5.74, 6) is -2.44. The SMILES string of the molecule is O=C(Nc1ccccc1CBr)c1cc(F)c(Cl)cc1F. The van der Waals surface area contributed by atoms with Gasteiger partial charge in [-0.15, -0.1) is 0 Å². The number of hydrogen-bond acceptors (Lipinski definition) is 1. The van der Waals surface area contributed by atoms with Crippen LogP contribution in [0.5, 0.6) is 0 Å². The number of alkyl halides is 1. The van der Waals surface area contributed by atoms with Crippen LogP contribution in [0.25, 0.3) is 0 Å². The lowest BCUT2D eigenvalue weighted by Crippen LogP contribution is -2.15. The smallest absolute Gasteiger partial charge is 0.258 e. The fourth-order valence-electron chi connectivity index (χ4n) is 1.64. The lowest BCUT2D eigenvalue weighted by molar-refractivity contribution is 0.102. The van der Waals surface area contributed by atoms with Crippen molar-refractivity contribution < 1.29 is 13.6 Å². The minimum atomic E-state index is -0.870. The van der Waals surface area contributed by atoms with E-state index >= 15 is 0 Å². The van der Waals surface area contributed by atoms with E-state index in [4.69, 9.17) is 11.6 Å². The number of amides is 1. The van der Waals surface area contributed by atoms with Crippen LogP contribution in [0.2, 0.25) is 5.02 Å². The highest BCUT2D eigenvalue weighted by Gasteiger charge is 2.16. The molecule has 6 heteroatoms. The van der Waals surface area contributed by atoms with Crippen molar-refractivity contribution in [2.45, 2.75) is 5.33 Å². The van der Waals surface area contributed by atoms with Gasteiger partial charge in [-0.25, -0.2) is 8.78 Å². The highest BCUT2D eigenvalue weighted by atomic mass is 79.9. The maximum Gasteiger partial charge on any atom is 0.258 e. The summed E-state index contributed by atoms with van der Waals surface area (Å²) in [6.07, 6.45) is 0. The van der Waals surface area contributed by atoms with Crippen molar-refractivity contribution in [1.82, 2.24) is 0 Å². The molecule has 0 radical (unpaired) electrons. The summed E-state index contributed by atoms with van der Waals surface area (Å²) >= 11 is 8.73. The van der Waals surface area contributed by atoms with E-state index in [0.29, 0.717) is 11.0 Å². The van der Waals surface area contributed by atoms with Gasteiger partial charge in [0.1, 0.15) is 11.6 Å². The molecular formula is C14H9BrClF2NO. The lowest BCUT2D eigenvalue weighted by atomic mass is 10.1. The molecule has 0 aliphatic rings. The second-order valence-electron chi connectivity index (χ2n) is 3.99. The van der Waals surface area contributed by atoms with Crippen molar-refractivity contribution in [2.24, 2.45) is 0 Å². The zero-order valence-electron chi connectivity index (χ0n) is 10.1. The fraction of sp³-hybridized carbons (Fsp3) is 0.0714. The monoisotopic (exact) mass is 359 g/mol. The predicted octanol–water partition coefficient (Wildman–Crippen LogP) is 4.77. The standard InChI is InChI=1S/C14H9BrClF2NO/c15-7-8-3-1-2-4-13(8)19-14(20)9-5-12(18)10(16)6-11(9)17/h1-6H,7H2,(H,19,20). The van der Waals surface area contributed by atoms with E-state index in [2.05, 4.69) is 21.2 Å². The third-order valence-electron chi connectivity index (χ3n) is 2.66. The van der Waals surface area contributed by atoms with E-state index in [0.717, 1.165) is 17.7 Å². The third kappa shape index (κ3) is 3.16. The molecule has 0 bridgehead atoms. The Morgan fingerprint density at radius 3 is 2.60 bits per heavy atom. The number of nitrogens with one attached hydrogen (secondary N) is 1. The molecule has 0 aliphatic heterocycles. The van der Waals surface area contributed by atoms with E-state index in [1.54, 1.807) is 12.1 Å². The van der Waals surface area contributed by atoms with Crippen LogP contribution in [0.15, 0.2) is 36.4 Å². The number of benzene rings is 2. The van der Waals surface area contributed by atoms with Gasteiger partial charge in [0.25, 0.3) is 5.91 Å². The van der Waals surface area contributed by atoms with Gasteiger partial charge in [-0.3, -0.25) is 4.79 Å². The zero-order valence-corrected chi connectivity index (χ0v) is 12.4. The van der Waals surface area contributed by atoms with Gasteiger partial charge in [-0.05, 0) is 23.8 Å². The van der Waals surface area contributed by atoms with Crippen molar-refractivity contribution in [3.8, 4) is 0 Å². The summed E-state index contributed by atoms with van der Waals surface area (Å²) in [4.78, 5) is 12.0. The molecule has 0 saturated carbocycles. The average Bonchev–Trinajstić information content (AvgIpc) is 2.43. The Kier molecular flexibility index (Phi) is 4.73. The molecule has 1 amide bonds. The van der Waals surface area contributed by atoms with Crippen LogP contribution in [0.3, 0.4) is 0 Å². The highest BCUT2D eigenvalue weighted by Crippen LogP contribution is 2.22. The average molecular weight is 361 g/mol. The lowest BCUT2D eigenvalue weighted by Gasteiger charge is -2.10. The van der Waals surface area contributed by atoms with Crippen molar-refractivity contribution in [3.63, 3.8) is 0 Å². The van der Waals surface area contributed by atoms with Crippen LogP contribution < -0.4 is 5.32 Å². The van der Waals surface area contributed by atoms with E-state index in [1.807, 2.05) is 12.1 Å². The summed E-state index contributed by atoms with van der Waals surface area (Å²) in [6.45, 7) is 0. The zero-order chi connectivity index (χ0) is 14.7. The van der Waals surface area contributed by atoms with Gasteiger partial charge in [-0.1, -0.05) is 45.7 Å². The summed E-state index contributed by atoms with van der Waals surface area (Å²) in [5.41, 5.74) is 0.969. The molecular weight excluding hydrogens is 352 g/mol. The molecule has 1 N–H and O–H groups in total. The Labute approximate surface area is 127 Å². The Morgan fingerprint density at radius 2 is 1.90 bits per heavy atom. The Morgan fingerprint density at radius 1 is 1.20 bits per heavy atom. The van der Waals surface area contributed by atoms with Gasteiger partial charge in [0.15, 0.2) is 0 Å². The summed E-state index contributed by atoms with van der Waals surface area (Å²) in [7, 11) is 0. The molecule has 0 aromatic heterocycles. The minimum absolute atomic E-state index is 0.361. The van der Waals surface area contributed by atoms with Crippen molar-refractivity contribution in [2.75, 3.05) is 5.32 Å². The van der Waals surface area contributed by atoms with Crippen LogP contribution >= 0.6 is 27.5 Å². The first-order chi connectivity index (χ1) is 9.52. The largest absolute Gasteiger partial charge is 0.322 e. The number of halogens is 4. The fourth-order valence-corrected chi connectivity index (χ4v) is 2.28. The maximum absolute atomic E-state index is 13.6. The van der Waals surface area contributed by atoms with Gasteiger partial charge < -0.3 is 5.32 Å². The van der Waals surface area contributed by atoms with Crippen LogP contribution in [-0.2, 0) is 5.33 Å². The van der Waals surface area contributed by atoms with Gasteiger partial charge in [0.2, 0.25) is 0 Å². The Hall–Kier alpha value is -1.46. The van der Waals surface area contributed by atoms with Crippen molar-refractivity contribution in [3.05, 3.63) is 64.2 Å². The molecule has 20 heavy (non-hydrogen) atoms. The van der Waals surface area contributed by atoms with Crippen molar-refractivity contribution in [1.29, 1.82) is 0 Å². The number of para-hydroxylation sites is 1. The summed E-state index contributed by atoms with van der Waals surface area (Å²) < 4.78 is 27.0. The van der Waals surface area contributed by atoms with Crippen LogP contribution in [0.1, 0.15) is 15.9 Å². The van der Waals surface area contributed by atoms with Crippen LogP contribution in [0.4, 0.5) is 14.5 Å². The third-order valence-corrected chi connectivity index (χ3v) is 3.56. The predicted molar refractivity (Wildman–Crippen MR) is 78.4 cm³/mol. The molecule has 104 valence electrons. The molecule has 0 spiro atoms. The molecule has 2 aromatic rings. The van der Waals surface area contributed by atoms with Gasteiger partial charge >= 0.3 is 0 Å². The number of hydrogen-bond donors (Lipinski definition) is 1. The number of carbonyl (C=O) groups excluding carboxylic acids is 1. The van der Waals surface area contributed by atoms with E-state index in [-0.39, 0.29) is 5.02 Å². The first-order valence-corrected chi connectivity index (χ1v) is 7.12. The highest BCUT2D eigenvalue weighted by molar-refractivity contribution is 9.08.